The Kier molecular flexibility index (Phi) is 4.14. The minimum absolute atomic E-state index is 0.246. The number of methoxy groups -OCH3 is 1. The molecule has 3 heteroatoms. The van der Waals surface area contributed by atoms with Crippen molar-refractivity contribution in [3.8, 4) is 33.9 Å². The van der Waals surface area contributed by atoms with E-state index in [-0.39, 0.29) is 5.75 Å². The fourth-order valence-electron chi connectivity index (χ4n) is 3.79. The van der Waals surface area contributed by atoms with Gasteiger partial charge in [0.05, 0.1) is 18.3 Å². The molecule has 0 saturated heterocycles. The number of aromatic hydroxyl groups is 1. The van der Waals surface area contributed by atoms with E-state index in [1.54, 1.807) is 19.2 Å². The molecule has 0 aliphatic carbocycles. The zero-order chi connectivity index (χ0) is 19.8. The maximum Gasteiger partial charge on any atom is 0.118 e. The maximum atomic E-state index is 9.64. The molecule has 1 aromatic heterocycles. The molecule has 140 valence electrons. The average Bonchev–Trinajstić information content (AvgIpc) is 2.78. The first kappa shape index (κ1) is 17.3. The Morgan fingerprint density at radius 3 is 2.24 bits per heavy atom. The Morgan fingerprint density at radius 1 is 0.759 bits per heavy atom. The van der Waals surface area contributed by atoms with Gasteiger partial charge in [-0.25, -0.2) is 4.98 Å². The average molecular weight is 377 g/mol. The quantitative estimate of drug-likeness (QED) is 0.368. The van der Waals surface area contributed by atoms with Crippen molar-refractivity contribution >= 4 is 21.7 Å². The number of hydrogen-bond acceptors (Lipinski definition) is 3. The molecule has 5 rings (SSSR count). The Morgan fingerprint density at radius 2 is 1.48 bits per heavy atom. The first-order valence-corrected chi connectivity index (χ1v) is 9.49. The van der Waals surface area contributed by atoms with Crippen LogP contribution in [0.4, 0.5) is 0 Å². The van der Waals surface area contributed by atoms with Crippen LogP contribution in [0.3, 0.4) is 0 Å². The molecule has 29 heavy (non-hydrogen) atoms. The van der Waals surface area contributed by atoms with Crippen molar-refractivity contribution < 1.29 is 9.84 Å². The predicted molar refractivity (Wildman–Crippen MR) is 118 cm³/mol. The third-order valence-corrected chi connectivity index (χ3v) is 5.26. The van der Waals surface area contributed by atoms with E-state index in [2.05, 4.69) is 54.6 Å². The van der Waals surface area contributed by atoms with Crippen molar-refractivity contribution in [1.29, 1.82) is 0 Å². The highest BCUT2D eigenvalue weighted by Crippen LogP contribution is 2.37. The van der Waals surface area contributed by atoms with Crippen LogP contribution in [0.15, 0.2) is 91.0 Å². The van der Waals surface area contributed by atoms with E-state index in [1.807, 2.05) is 24.3 Å². The van der Waals surface area contributed by atoms with E-state index >= 15 is 0 Å². The van der Waals surface area contributed by atoms with Gasteiger partial charge in [-0.15, -0.1) is 0 Å². The molecule has 1 N–H and O–H groups in total. The number of fused-ring (bicyclic) bond motifs is 3. The van der Waals surface area contributed by atoms with Crippen LogP contribution in [0.25, 0.3) is 44.1 Å². The molecular formula is C26H19NO2. The summed E-state index contributed by atoms with van der Waals surface area (Å²) in [6.07, 6.45) is 0. The summed E-state index contributed by atoms with van der Waals surface area (Å²) in [7, 11) is 1.67. The zero-order valence-electron chi connectivity index (χ0n) is 16.0. The lowest BCUT2D eigenvalue weighted by molar-refractivity contribution is 0.415. The van der Waals surface area contributed by atoms with Gasteiger partial charge in [0.1, 0.15) is 11.5 Å². The molecule has 0 amide bonds. The highest BCUT2D eigenvalue weighted by molar-refractivity contribution is 6.13. The van der Waals surface area contributed by atoms with Crippen LogP contribution in [-0.4, -0.2) is 17.2 Å². The van der Waals surface area contributed by atoms with Gasteiger partial charge in [0.2, 0.25) is 0 Å². The minimum Gasteiger partial charge on any atom is -0.508 e. The lowest BCUT2D eigenvalue weighted by Gasteiger charge is -2.13. The molecule has 0 saturated carbocycles. The number of phenols is 1. The van der Waals surface area contributed by atoms with Crippen LogP contribution >= 0.6 is 0 Å². The third-order valence-electron chi connectivity index (χ3n) is 5.26. The molecule has 0 radical (unpaired) electrons. The van der Waals surface area contributed by atoms with Crippen molar-refractivity contribution in [2.75, 3.05) is 7.11 Å². The van der Waals surface area contributed by atoms with Crippen LogP contribution < -0.4 is 4.74 Å². The molecular weight excluding hydrogens is 358 g/mol. The van der Waals surface area contributed by atoms with Gasteiger partial charge < -0.3 is 9.84 Å². The predicted octanol–water partition coefficient (Wildman–Crippen LogP) is 6.44. The molecule has 0 aliphatic rings. The van der Waals surface area contributed by atoms with Gasteiger partial charge in [-0.2, -0.15) is 0 Å². The lowest BCUT2D eigenvalue weighted by Crippen LogP contribution is -1.91. The molecule has 4 aromatic carbocycles. The summed E-state index contributed by atoms with van der Waals surface area (Å²) in [5.74, 6) is 1.08. The largest absolute Gasteiger partial charge is 0.508 e. The van der Waals surface area contributed by atoms with E-state index in [4.69, 9.17) is 9.72 Å². The van der Waals surface area contributed by atoms with Gasteiger partial charge in [-0.05, 0) is 70.4 Å². The number of pyridine rings is 1. The topological polar surface area (TPSA) is 42.4 Å². The van der Waals surface area contributed by atoms with E-state index < -0.39 is 0 Å². The van der Waals surface area contributed by atoms with Crippen LogP contribution in [0.1, 0.15) is 0 Å². The number of hydrogen-bond donors (Lipinski definition) is 1. The standard InChI is InChI=1S/C26H19NO2/c1-29-21-13-8-18(9-14-21)23-16-25(19-6-11-20(28)12-7-19)27-24-15-10-17-4-2-3-5-22(17)26(23)24/h2-16,28H,1H3. The van der Waals surface area contributed by atoms with Gasteiger partial charge in [0.15, 0.2) is 0 Å². The van der Waals surface area contributed by atoms with Crippen LogP contribution in [0, 0.1) is 0 Å². The van der Waals surface area contributed by atoms with Crippen molar-refractivity contribution in [3.63, 3.8) is 0 Å². The lowest BCUT2D eigenvalue weighted by atomic mass is 9.94. The van der Waals surface area contributed by atoms with E-state index in [1.165, 1.54) is 10.8 Å². The summed E-state index contributed by atoms with van der Waals surface area (Å²) in [4.78, 5) is 4.94. The van der Waals surface area contributed by atoms with Crippen molar-refractivity contribution in [3.05, 3.63) is 91.0 Å². The highest BCUT2D eigenvalue weighted by Gasteiger charge is 2.13. The number of benzene rings is 4. The molecule has 0 aliphatic heterocycles. The number of phenolic OH excluding ortho intramolecular Hbond substituents is 1. The smallest absolute Gasteiger partial charge is 0.118 e. The second-order valence-corrected chi connectivity index (χ2v) is 7.01. The zero-order valence-corrected chi connectivity index (χ0v) is 16.0. The Bertz CT molecular complexity index is 1320. The number of aromatic nitrogens is 1. The monoisotopic (exact) mass is 377 g/mol. The minimum atomic E-state index is 0.246. The van der Waals surface area contributed by atoms with Crippen LogP contribution in [0.5, 0.6) is 11.5 Å². The first-order valence-electron chi connectivity index (χ1n) is 9.49. The van der Waals surface area contributed by atoms with Crippen molar-refractivity contribution in [1.82, 2.24) is 4.98 Å². The molecule has 0 fully saturated rings. The van der Waals surface area contributed by atoms with Crippen LogP contribution in [-0.2, 0) is 0 Å². The third kappa shape index (κ3) is 3.07. The molecule has 0 unspecified atom stereocenters. The van der Waals surface area contributed by atoms with Gasteiger partial charge in [0, 0.05) is 10.9 Å². The normalized spacial score (nSPS) is 11.1. The number of nitrogens with zero attached hydrogens (tertiary/aromatic N) is 1. The van der Waals surface area contributed by atoms with Gasteiger partial charge >= 0.3 is 0 Å². The summed E-state index contributed by atoms with van der Waals surface area (Å²) in [5, 5.41) is 13.1. The van der Waals surface area contributed by atoms with Gasteiger partial charge in [0.25, 0.3) is 0 Å². The van der Waals surface area contributed by atoms with E-state index in [0.717, 1.165) is 39.0 Å². The SMILES string of the molecule is COc1ccc(-c2cc(-c3ccc(O)cc3)nc3ccc4ccccc4c23)cc1. The molecule has 1 heterocycles. The van der Waals surface area contributed by atoms with Gasteiger partial charge in [-0.3, -0.25) is 0 Å². The summed E-state index contributed by atoms with van der Waals surface area (Å²) < 4.78 is 5.33. The molecule has 5 aromatic rings. The Labute approximate surface area is 168 Å². The van der Waals surface area contributed by atoms with E-state index in [9.17, 15) is 5.11 Å². The van der Waals surface area contributed by atoms with Crippen molar-refractivity contribution in [2.45, 2.75) is 0 Å². The number of ether oxygens (including phenoxy) is 1. The molecule has 0 atom stereocenters. The summed E-state index contributed by atoms with van der Waals surface area (Å²) in [6.45, 7) is 0. The fourth-order valence-corrected chi connectivity index (χ4v) is 3.79. The Hall–Kier alpha value is -3.85. The number of rotatable bonds is 3. The molecule has 0 bridgehead atoms. The van der Waals surface area contributed by atoms with E-state index in [0.29, 0.717) is 0 Å². The second kappa shape index (κ2) is 6.95. The highest BCUT2D eigenvalue weighted by atomic mass is 16.5. The molecule has 0 spiro atoms. The molecule has 3 nitrogen and oxygen atoms in total. The summed E-state index contributed by atoms with van der Waals surface area (Å²) in [6, 6.07) is 30.0. The first-order chi connectivity index (χ1) is 14.2. The summed E-state index contributed by atoms with van der Waals surface area (Å²) >= 11 is 0. The van der Waals surface area contributed by atoms with Crippen LogP contribution in [0.2, 0.25) is 0 Å². The maximum absolute atomic E-state index is 9.64. The van der Waals surface area contributed by atoms with Gasteiger partial charge in [-0.1, -0.05) is 42.5 Å². The second-order valence-electron chi connectivity index (χ2n) is 7.01. The van der Waals surface area contributed by atoms with Crippen molar-refractivity contribution in [2.24, 2.45) is 0 Å². The summed E-state index contributed by atoms with van der Waals surface area (Å²) in [5.41, 5.74) is 5.01. The fraction of sp³-hybridized carbons (Fsp3) is 0.0385. The Balaban J connectivity index is 1.84.